The van der Waals surface area contributed by atoms with E-state index >= 15 is 0 Å². The number of aromatic nitrogens is 1. The van der Waals surface area contributed by atoms with E-state index in [-0.39, 0.29) is 0 Å². The number of nitrogens with one attached hydrogen (secondary N) is 1. The fourth-order valence-corrected chi connectivity index (χ4v) is 2.14. The smallest absolute Gasteiger partial charge is 0.0892 e. The molecule has 0 spiro atoms. The van der Waals surface area contributed by atoms with Crippen molar-refractivity contribution >= 4 is 11.3 Å². The van der Waals surface area contributed by atoms with Crippen molar-refractivity contribution in [2.45, 2.75) is 19.8 Å². The summed E-state index contributed by atoms with van der Waals surface area (Å²) in [6.07, 6.45) is 1.89. The lowest BCUT2D eigenvalue weighted by Gasteiger charge is -2.04. The SMILES string of the molecule is CNCc1ccc(COCc2cccs2)nc1. The first-order valence-corrected chi connectivity index (χ1v) is 6.45. The quantitative estimate of drug-likeness (QED) is 0.853. The second kappa shape index (κ2) is 6.49. The van der Waals surface area contributed by atoms with E-state index in [1.165, 1.54) is 10.4 Å². The average molecular weight is 248 g/mol. The van der Waals surface area contributed by atoms with Gasteiger partial charge in [-0.3, -0.25) is 4.98 Å². The van der Waals surface area contributed by atoms with E-state index in [4.69, 9.17) is 4.74 Å². The Hall–Kier alpha value is -1.23. The summed E-state index contributed by atoms with van der Waals surface area (Å²) in [6.45, 7) is 2.08. The van der Waals surface area contributed by atoms with Crippen molar-refractivity contribution in [3.63, 3.8) is 0 Å². The van der Waals surface area contributed by atoms with Crippen LogP contribution in [-0.2, 0) is 24.5 Å². The Bertz CT molecular complexity index is 425. The third kappa shape index (κ3) is 3.93. The molecule has 2 aromatic heterocycles. The van der Waals surface area contributed by atoms with Crippen LogP contribution in [-0.4, -0.2) is 12.0 Å². The molecule has 0 aliphatic rings. The molecule has 0 unspecified atom stereocenters. The molecule has 0 saturated heterocycles. The summed E-state index contributed by atoms with van der Waals surface area (Å²) >= 11 is 1.71. The van der Waals surface area contributed by atoms with E-state index in [1.54, 1.807) is 11.3 Å². The van der Waals surface area contributed by atoms with Crippen molar-refractivity contribution in [3.8, 4) is 0 Å². The van der Waals surface area contributed by atoms with E-state index in [0.717, 1.165) is 12.2 Å². The van der Waals surface area contributed by atoms with Gasteiger partial charge in [-0.2, -0.15) is 0 Å². The molecule has 0 radical (unpaired) electrons. The Morgan fingerprint density at radius 2 is 2.24 bits per heavy atom. The standard InChI is InChI=1S/C13H16N2OS/c1-14-7-11-4-5-12(15-8-11)9-16-10-13-3-2-6-17-13/h2-6,8,14H,7,9-10H2,1H3. The molecule has 2 heterocycles. The number of hydrogen-bond acceptors (Lipinski definition) is 4. The number of thiophene rings is 1. The number of pyridine rings is 1. The number of ether oxygens (including phenoxy) is 1. The van der Waals surface area contributed by atoms with Gasteiger partial charge in [0.05, 0.1) is 18.9 Å². The van der Waals surface area contributed by atoms with Gasteiger partial charge >= 0.3 is 0 Å². The van der Waals surface area contributed by atoms with Crippen molar-refractivity contribution in [2.24, 2.45) is 0 Å². The molecule has 2 aromatic rings. The minimum absolute atomic E-state index is 0.567. The Morgan fingerprint density at radius 3 is 2.88 bits per heavy atom. The minimum atomic E-state index is 0.567. The van der Waals surface area contributed by atoms with E-state index in [1.807, 2.05) is 25.4 Å². The van der Waals surface area contributed by atoms with Crippen molar-refractivity contribution in [2.75, 3.05) is 7.05 Å². The van der Waals surface area contributed by atoms with Gasteiger partial charge in [0.1, 0.15) is 0 Å². The van der Waals surface area contributed by atoms with Crippen LogP contribution in [0.5, 0.6) is 0 Å². The second-order valence-electron chi connectivity index (χ2n) is 3.76. The molecule has 0 aliphatic heterocycles. The highest BCUT2D eigenvalue weighted by Gasteiger charge is 1.98. The maximum atomic E-state index is 5.60. The largest absolute Gasteiger partial charge is 0.370 e. The molecule has 3 nitrogen and oxygen atoms in total. The molecule has 2 rings (SSSR count). The van der Waals surface area contributed by atoms with Gasteiger partial charge in [0.2, 0.25) is 0 Å². The summed E-state index contributed by atoms with van der Waals surface area (Å²) in [5.41, 5.74) is 2.16. The van der Waals surface area contributed by atoms with Crippen LogP contribution in [0.3, 0.4) is 0 Å². The van der Waals surface area contributed by atoms with Crippen LogP contribution >= 0.6 is 11.3 Å². The molecule has 0 fully saturated rings. The van der Waals surface area contributed by atoms with Gasteiger partial charge in [0.15, 0.2) is 0 Å². The topological polar surface area (TPSA) is 34.1 Å². The summed E-state index contributed by atoms with van der Waals surface area (Å²) in [5, 5.41) is 5.15. The molecular formula is C13H16N2OS. The van der Waals surface area contributed by atoms with E-state index in [9.17, 15) is 0 Å². The molecule has 0 saturated carbocycles. The average Bonchev–Trinajstić information content (AvgIpc) is 2.85. The summed E-state index contributed by atoms with van der Waals surface area (Å²) < 4.78 is 5.60. The fourth-order valence-electron chi connectivity index (χ4n) is 1.50. The summed E-state index contributed by atoms with van der Waals surface area (Å²) in [4.78, 5) is 5.60. The monoisotopic (exact) mass is 248 g/mol. The Labute approximate surface area is 105 Å². The van der Waals surface area contributed by atoms with E-state index < -0.39 is 0 Å². The van der Waals surface area contributed by atoms with Gasteiger partial charge in [0, 0.05) is 17.6 Å². The lowest BCUT2D eigenvalue weighted by Crippen LogP contribution is -2.05. The van der Waals surface area contributed by atoms with Gasteiger partial charge < -0.3 is 10.1 Å². The van der Waals surface area contributed by atoms with Crippen LogP contribution in [0.1, 0.15) is 16.1 Å². The van der Waals surface area contributed by atoms with Gasteiger partial charge in [-0.05, 0) is 30.1 Å². The molecule has 17 heavy (non-hydrogen) atoms. The first kappa shape index (κ1) is 12.2. The lowest BCUT2D eigenvalue weighted by atomic mass is 10.2. The summed E-state index contributed by atoms with van der Waals surface area (Å²) in [7, 11) is 1.93. The van der Waals surface area contributed by atoms with Crippen LogP contribution in [0.2, 0.25) is 0 Å². The Kier molecular flexibility index (Phi) is 4.67. The van der Waals surface area contributed by atoms with Crippen molar-refractivity contribution in [1.82, 2.24) is 10.3 Å². The molecule has 0 atom stereocenters. The number of rotatable bonds is 6. The molecule has 0 aliphatic carbocycles. The van der Waals surface area contributed by atoms with Gasteiger partial charge in [-0.25, -0.2) is 0 Å². The third-order valence-corrected chi connectivity index (χ3v) is 3.19. The van der Waals surface area contributed by atoms with Gasteiger partial charge in [-0.1, -0.05) is 12.1 Å². The predicted octanol–water partition coefficient (Wildman–Crippen LogP) is 2.58. The van der Waals surface area contributed by atoms with Crippen molar-refractivity contribution in [3.05, 3.63) is 52.0 Å². The first-order valence-electron chi connectivity index (χ1n) is 5.57. The maximum absolute atomic E-state index is 5.60. The van der Waals surface area contributed by atoms with Gasteiger partial charge in [0.25, 0.3) is 0 Å². The molecular weight excluding hydrogens is 232 g/mol. The van der Waals surface area contributed by atoms with E-state index in [0.29, 0.717) is 13.2 Å². The zero-order chi connectivity index (χ0) is 11.9. The highest BCUT2D eigenvalue weighted by atomic mass is 32.1. The predicted molar refractivity (Wildman–Crippen MR) is 69.8 cm³/mol. The van der Waals surface area contributed by atoms with E-state index in [2.05, 4.69) is 27.8 Å². The van der Waals surface area contributed by atoms with Crippen LogP contribution in [0.15, 0.2) is 35.8 Å². The Morgan fingerprint density at radius 1 is 1.29 bits per heavy atom. The highest BCUT2D eigenvalue weighted by molar-refractivity contribution is 7.09. The third-order valence-electron chi connectivity index (χ3n) is 2.34. The highest BCUT2D eigenvalue weighted by Crippen LogP contribution is 2.10. The number of nitrogens with zero attached hydrogens (tertiary/aromatic N) is 1. The van der Waals surface area contributed by atoms with Crippen molar-refractivity contribution < 1.29 is 4.74 Å². The molecule has 0 amide bonds. The minimum Gasteiger partial charge on any atom is -0.370 e. The molecule has 1 N–H and O–H groups in total. The molecule has 0 aromatic carbocycles. The van der Waals surface area contributed by atoms with Crippen LogP contribution < -0.4 is 5.32 Å². The normalized spacial score (nSPS) is 10.6. The summed E-state index contributed by atoms with van der Waals surface area (Å²) in [5.74, 6) is 0. The second-order valence-corrected chi connectivity index (χ2v) is 4.79. The summed E-state index contributed by atoms with van der Waals surface area (Å²) in [6, 6.07) is 8.21. The zero-order valence-corrected chi connectivity index (χ0v) is 10.7. The lowest BCUT2D eigenvalue weighted by molar-refractivity contribution is 0.106. The fraction of sp³-hybridized carbons (Fsp3) is 0.308. The maximum Gasteiger partial charge on any atom is 0.0892 e. The van der Waals surface area contributed by atoms with Crippen LogP contribution in [0, 0.1) is 0 Å². The molecule has 0 bridgehead atoms. The van der Waals surface area contributed by atoms with Crippen molar-refractivity contribution in [1.29, 1.82) is 0 Å². The number of hydrogen-bond donors (Lipinski definition) is 1. The first-order chi connectivity index (χ1) is 8.38. The van der Waals surface area contributed by atoms with Crippen LogP contribution in [0.25, 0.3) is 0 Å². The molecule has 90 valence electrons. The Balaban J connectivity index is 1.79. The molecule has 4 heteroatoms. The zero-order valence-electron chi connectivity index (χ0n) is 9.85. The van der Waals surface area contributed by atoms with Crippen LogP contribution in [0.4, 0.5) is 0 Å². The van der Waals surface area contributed by atoms with Gasteiger partial charge in [-0.15, -0.1) is 11.3 Å².